The number of terminal acetylenes is 1. The fourth-order valence-electron chi connectivity index (χ4n) is 2.66. The molecule has 0 unspecified atom stereocenters. The molecule has 0 saturated heterocycles. The smallest absolute Gasteiger partial charge is 0.387 e. The molecule has 0 aliphatic carbocycles. The van der Waals surface area contributed by atoms with Crippen molar-refractivity contribution in [3.8, 4) is 41.1 Å². The van der Waals surface area contributed by atoms with E-state index >= 15 is 0 Å². The summed E-state index contributed by atoms with van der Waals surface area (Å²) in [5.41, 5.74) is 8.05. The van der Waals surface area contributed by atoms with Gasteiger partial charge in [-0.1, -0.05) is 6.92 Å². The van der Waals surface area contributed by atoms with E-state index in [0.29, 0.717) is 22.9 Å². The average molecular weight is 429 g/mol. The molecule has 8 nitrogen and oxygen atoms in total. The monoisotopic (exact) mass is 429 g/mol. The van der Waals surface area contributed by atoms with Crippen LogP contribution >= 0.6 is 0 Å². The molecule has 3 aromatic rings. The lowest BCUT2D eigenvalue weighted by Gasteiger charge is -2.09. The summed E-state index contributed by atoms with van der Waals surface area (Å²) in [6.07, 6.45) is 13.9. The van der Waals surface area contributed by atoms with Crippen LogP contribution in [0.25, 0.3) is 22.5 Å². The van der Waals surface area contributed by atoms with Crippen molar-refractivity contribution in [3.05, 3.63) is 30.7 Å². The summed E-state index contributed by atoms with van der Waals surface area (Å²) in [5, 5.41) is 7.76. The van der Waals surface area contributed by atoms with E-state index < -0.39 is 6.61 Å². The predicted molar refractivity (Wildman–Crippen MR) is 117 cm³/mol. The largest absolute Gasteiger partial charge is 0.431 e. The highest BCUT2D eigenvalue weighted by atomic mass is 19.3. The van der Waals surface area contributed by atoms with Gasteiger partial charge in [0.1, 0.15) is 5.69 Å². The number of halogens is 2. The lowest BCUT2D eigenvalue weighted by atomic mass is 10.1. The van der Waals surface area contributed by atoms with Crippen LogP contribution < -0.4 is 15.8 Å². The first kappa shape index (κ1) is 23.5. The van der Waals surface area contributed by atoms with E-state index in [0.717, 1.165) is 18.5 Å². The van der Waals surface area contributed by atoms with Crippen LogP contribution in [0.4, 0.5) is 20.5 Å². The zero-order valence-electron chi connectivity index (χ0n) is 17.6. The number of anilines is 2. The first-order valence-corrected chi connectivity index (χ1v) is 9.59. The third-order valence-electron chi connectivity index (χ3n) is 4.10. The molecule has 0 radical (unpaired) electrons. The van der Waals surface area contributed by atoms with Gasteiger partial charge in [0.25, 0.3) is 0 Å². The standard InChI is InChI=1S/C19H23F2N7O.C2H2/c1-4-6-23-19-24-7-5-14(26-19)13-10-28(11(2)3)27-16(13)12-8-15(29-18(20)21)17(22)25-9-12;1-2/h5,7-11,18H,4,6H2,1-3H3,(H2,22,25)(H,23,24,26);1-2H. The average Bonchev–Trinajstić information content (AvgIpc) is 3.21. The van der Waals surface area contributed by atoms with Crippen LogP contribution in [0.2, 0.25) is 0 Å². The fraction of sp³-hybridized carbons (Fsp3) is 0.333. The van der Waals surface area contributed by atoms with Gasteiger partial charge in [-0.05, 0) is 32.4 Å². The molecule has 3 N–H and O–H groups in total. The summed E-state index contributed by atoms with van der Waals surface area (Å²) in [5.74, 6) is 0.187. The molecule has 0 fully saturated rings. The van der Waals surface area contributed by atoms with Gasteiger partial charge >= 0.3 is 6.61 Å². The van der Waals surface area contributed by atoms with E-state index in [-0.39, 0.29) is 17.6 Å². The Morgan fingerprint density at radius 2 is 2.00 bits per heavy atom. The van der Waals surface area contributed by atoms with Gasteiger partial charge in [-0.15, -0.1) is 12.8 Å². The summed E-state index contributed by atoms with van der Waals surface area (Å²) < 4.78 is 31.6. The molecule has 3 heterocycles. The van der Waals surface area contributed by atoms with Gasteiger partial charge in [0, 0.05) is 42.3 Å². The highest BCUT2D eigenvalue weighted by Crippen LogP contribution is 2.34. The lowest BCUT2D eigenvalue weighted by molar-refractivity contribution is -0.0494. The van der Waals surface area contributed by atoms with Crippen LogP contribution in [0.15, 0.2) is 30.7 Å². The number of nitrogens with zero attached hydrogens (tertiary/aromatic N) is 5. The molecule has 0 saturated carbocycles. The number of nitrogens with two attached hydrogens (primary N) is 1. The molecule has 0 aromatic carbocycles. The van der Waals surface area contributed by atoms with E-state index in [9.17, 15) is 8.78 Å². The fourth-order valence-corrected chi connectivity index (χ4v) is 2.66. The maximum absolute atomic E-state index is 12.7. The molecule has 0 aliphatic rings. The van der Waals surface area contributed by atoms with Gasteiger partial charge in [-0.25, -0.2) is 15.0 Å². The lowest BCUT2D eigenvalue weighted by Crippen LogP contribution is -2.06. The Kier molecular flexibility index (Phi) is 8.25. The summed E-state index contributed by atoms with van der Waals surface area (Å²) in [6.45, 7) is 3.77. The minimum Gasteiger partial charge on any atom is -0.431 e. The van der Waals surface area contributed by atoms with Crippen LogP contribution in [0, 0.1) is 12.8 Å². The minimum absolute atomic E-state index is 0.0838. The predicted octanol–water partition coefficient (Wildman–Crippen LogP) is 4.24. The van der Waals surface area contributed by atoms with Gasteiger partial charge in [0.2, 0.25) is 5.95 Å². The first-order chi connectivity index (χ1) is 14.9. The Labute approximate surface area is 179 Å². The molecular weight excluding hydrogens is 404 g/mol. The van der Waals surface area contributed by atoms with Crippen molar-refractivity contribution in [2.24, 2.45) is 0 Å². The highest BCUT2D eigenvalue weighted by molar-refractivity contribution is 5.79. The highest BCUT2D eigenvalue weighted by Gasteiger charge is 2.19. The molecule has 3 aromatic heterocycles. The van der Waals surface area contributed by atoms with Crippen molar-refractivity contribution >= 4 is 11.8 Å². The number of nitrogen functional groups attached to an aromatic ring is 1. The van der Waals surface area contributed by atoms with Crippen molar-refractivity contribution in [1.29, 1.82) is 0 Å². The molecule has 164 valence electrons. The second kappa shape index (κ2) is 10.9. The minimum atomic E-state index is -3.00. The molecule has 0 spiro atoms. The SMILES string of the molecule is C#C.CCCNc1nccc(-c2cn(C(C)C)nc2-c2cnc(N)c(OC(F)F)c2)n1. The van der Waals surface area contributed by atoms with Gasteiger partial charge in [-0.2, -0.15) is 13.9 Å². The Hall–Kier alpha value is -3.74. The number of hydrogen-bond donors (Lipinski definition) is 2. The van der Waals surface area contributed by atoms with Gasteiger partial charge < -0.3 is 15.8 Å². The molecule has 0 bridgehead atoms. The van der Waals surface area contributed by atoms with Gasteiger partial charge in [0.05, 0.1) is 5.69 Å². The van der Waals surface area contributed by atoms with E-state index in [1.807, 2.05) is 20.0 Å². The third-order valence-corrected chi connectivity index (χ3v) is 4.10. The van der Waals surface area contributed by atoms with Crippen LogP contribution in [0.5, 0.6) is 5.75 Å². The number of rotatable bonds is 8. The number of alkyl halides is 2. The summed E-state index contributed by atoms with van der Waals surface area (Å²) >= 11 is 0. The van der Waals surface area contributed by atoms with Gasteiger partial charge in [0.15, 0.2) is 11.6 Å². The molecule has 0 aliphatic heterocycles. The van der Waals surface area contributed by atoms with Gasteiger partial charge in [-0.3, -0.25) is 4.68 Å². The Balaban J connectivity index is 0.00000166. The van der Waals surface area contributed by atoms with Crippen LogP contribution in [0.1, 0.15) is 33.2 Å². The topological polar surface area (TPSA) is 104 Å². The second-order valence-electron chi connectivity index (χ2n) is 6.64. The van der Waals surface area contributed by atoms with Crippen molar-refractivity contribution in [1.82, 2.24) is 24.7 Å². The zero-order chi connectivity index (χ0) is 23.0. The maximum Gasteiger partial charge on any atom is 0.387 e. The normalized spacial score (nSPS) is 10.6. The molecule has 0 atom stereocenters. The summed E-state index contributed by atoms with van der Waals surface area (Å²) in [4.78, 5) is 12.8. The molecule has 3 rings (SSSR count). The van der Waals surface area contributed by atoms with Crippen LogP contribution in [-0.2, 0) is 0 Å². The molecule has 31 heavy (non-hydrogen) atoms. The number of pyridine rings is 1. The number of nitrogens with one attached hydrogen (secondary N) is 1. The number of hydrogen-bond acceptors (Lipinski definition) is 7. The second-order valence-corrected chi connectivity index (χ2v) is 6.64. The first-order valence-electron chi connectivity index (χ1n) is 9.59. The zero-order valence-corrected chi connectivity index (χ0v) is 17.6. The maximum atomic E-state index is 12.7. The number of ether oxygens (including phenoxy) is 1. The van der Waals surface area contributed by atoms with Crippen molar-refractivity contribution in [2.75, 3.05) is 17.6 Å². The van der Waals surface area contributed by atoms with Crippen molar-refractivity contribution in [3.63, 3.8) is 0 Å². The third kappa shape index (κ3) is 5.88. The van der Waals surface area contributed by atoms with E-state index in [4.69, 9.17) is 5.73 Å². The van der Waals surface area contributed by atoms with Crippen molar-refractivity contribution < 1.29 is 13.5 Å². The molecule has 10 heteroatoms. The van der Waals surface area contributed by atoms with Crippen molar-refractivity contribution in [2.45, 2.75) is 39.8 Å². The number of aromatic nitrogens is 5. The Morgan fingerprint density at radius 3 is 2.65 bits per heavy atom. The van der Waals surface area contributed by atoms with E-state index in [2.05, 4.69) is 49.9 Å². The van der Waals surface area contributed by atoms with E-state index in [1.54, 1.807) is 16.9 Å². The van der Waals surface area contributed by atoms with Crippen LogP contribution in [-0.4, -0.2) is 37.9 Å². The summed E-state index contributed by atoms with van der Waals surface area (Å²) in [6, 6.07) is 3.26. The van der Waals surface area contributed by atoms with E-state index in [1.165, 1.54) is 12.3 Å². The molecule has 0 amide bonds. The Bertz CT molecular complexity index is 1020. The van der Waals surface area contributed by atoms with Crippen LogP contribution in [0.3, 0.4) is 0 Å². The Morgan fingerprint density at radius 1 is 1.26 bits per heavy atom. The molecular formula is C21H25F2N7O. The quantitative estimate of drug-likeness (QED) is 0.516. The summed E-state index contributed by atoms with van der Waals surface area (Å²) in [7, 11) is 0.